The van der Waals surface area contributed by atoms with Crippen molar-refractivity contribution >= 4 is 5.69 Å². The number of aryl methyl sites for hydroxylation is 1. The number of anilines is 1. The van der Waals surface area contributed by atoms with E-state index in [1.54, 1.807) is 5.56 Å². The molecule has 2 aliphatic rings. The third kappa shape index (κ3) is 1.36. The van der Waals surface area contributed by atoms with E-state index in [-0.39, 0.29) is 0 Å². The number of hydrogen-bond donors (Lipinski definition) is 1. The zero-order valence-corrected chi connectivity index (χ0v) is 9.24. The predicted molar refractivity (Wildman–Crippen MR) is 63.2 cm³/mol. The molecule has 0 aromatic heterocycles. The highest BCUT2D eigenvalue weighted by atomic mass is 15.2. The summed E-state index contributed by atoms with van der Waals surface area (Å²) in [5.41, 5.74) is 10.5. The van der Waals surface area contributed by atoms with Crippen LogP contribution in [0.5, 0.6) is 0 Å². The summed E-state index contributed by atoms with van der Waals surface area (Å²) in [5, 5.41) is 0. The maximum atomic E-state index is 6.04. The minimum atomic E-state index is 0.368. The van der Waals surface area contributed by atoms with E-state index in [0.717, 1.165) is 12.6 Å². The molecule has 80 valence electrons. The summed E-state index contributed by atoms with van der Waals surface area (Å²) in [5.74, 6) is 0. The molecule has 1 saturated heterocycles. The van der Waals surface area contributed by atoms with Crippen LogP contribution in [-0.2, 0) is 6.42 Å². The Morgan fingerprint density at radius 2 is 2.20 bits per heavy atom. The fourth-order valence-electron chi connectivity index (χ4n) is 3.02. The first-order valence-electron chi connectivity index (χ1n) is 5.86. The highest BCUT2D eigenvalue weighted by Gasteiger charge is 2.33. The van der Waals surface area contributed by atoms with Gasteiger partial charge < -0.3 is 10.6 Å². The summed E-state index contributed by atoms with van der Waals surface area (Å²) >= 11 is 0. The Morgan fingerprint density at radius 3 is 3.07 bits per heavy atom. The second-order valence-electron chi connectivity index (χ2n) is 4.92. The van der Waals surface area contributed by atoms with E-state index >= 15 is 0 Å². The summed E-state index contributed by atoms with van der Waals surface area (Å²) in [6, 6.07) is 7.72. The summed E-state index contributed by atoms with van der Waals surface area (Å²) in [7, 11) is 0. The van der Waals surface area contributed by atoms with Crippen molar-refractivity contribution < 1.29 is 0 Å². The number of nitrogens with zero attached hydrogens (tertiary/aromatic N) is 1. The van der Waals surface area contributed by atoms with Gasteiger partial charge in [0.1, 0.15) is 0 Å². The summed E-state index contributed by atoms with van der Waals surface area (Å²) in [6.07, 6.45) is 3.68. The first-order chi connectivity index (χ1) is 7.25. The Balaban J connectivity index is 2.01. The largest absolute Gasteiger partial charge is 0.366 e. The van der Waals surface area contributed by atoms with Crippen LogP contribution in [0, 0.1) is 6.92 Å². The van der Waals surface area contributed by atoms with E-state index in [1.807, 2.05) is 0 Å². The van der Waals surface area contributed by atoms with Crippen LogP contribution in [0.15, 0.2) is 18.2 Å². The van der Waals surface area contributed by atoms with Gasteiger partial charge in [-0.3, -0.25) is 0 Å². The Kier molecular flexibility index (Phi) is 1.99. The molecule has 0 saturated carbocycles. The minimum absolute atomic E-state index is 0.368. The van der Waals surface area contributed by atoms with Crippen LogP contribution in [0.3, 0.4) is 0 Å². The first kappa shape index (κ1) is 9.22. The molecular formula is C13H18N2. The zero-order valence-electron chi connectivity index (χ0n) is 9.24. The highest BCUT2D eigenvalue weighted by Crippen LogP contribution is 2.37. The molecule has 15 heavy (non-hydrogen) atoms. The Bertz CT molecular complexity index is 386. The standard InChI is InChI=1S/C13H18N2/c1-9-3-2-4-13-12(9)7-11-6-5-10(14)8-15(11)13/h2-4,10-11H,5-8,14H2,1H3. The molecule has 0 bridgehead atoms. The Hall–Kier alpha value is -1.02. The highest BCUT2D eigenvalue weighted by molar-refractivity contribution is 5.62. The molecule has 0 aliphatic carbocycles. The molecule has 2 nitrogen and oxygen atoms in total. The monoisotopic (exact) mass is 202 g/mol. The molecule has 2 unspecified atom stereocenters. The number of piperidine rings is 1. The maximum Gasteiger partial charge on any atom is 0.0405 e. The maximum absolute atomic E-state index is 6.04. The molecular weight excluding hydrogens is 184 g/mol. The van der Waals surface area contributed by atoms with Crippen LogP contribution >= 0.6 is 0 Å². The smallest absolute Gasteiger partial charge is 0.0405 e. The van der Waals surface area contributed by atoms with Crippen molar-refractivity contribution in [3.63, 3.8) is 0 Å². The van der Waals surface area contributed by atoms with Gasteiger partial charge in [0, 0.05) is 24.3 Å². The predicted octanol–water partition coefficient (Wildman–Crippen LogP) is 1.85. The van der Waals surface area contributed by atoms with E-state index in [1.165, 1.54) is 30.5 Å². The molecule has 3 rings (SSSR count). The second-order valence-corrected chi connectivity index (χ2v) is 4.92. The third-order valence-electron chi connectivity index (χ3n) is 3.88. The van der Waals surface area contributed by atoms with E-state index < -0.39 is 0 Å². The first-order valence-corrected chi connectivity index (χ1v) is 5.86. The molecule has 0 spiro atoms. The number of benzene rings is 1. The van der Waals surface area contributed by atoms with Gasteiger partial charge in [0.05, 0.1) is 0 Å². The van der Waals surface area contributed by atoms with Crippen LogP contribution in [0.2, 0.25) is 0 Å². The quantitative estimate of drug-likeness (QED) is 0.695. The fraction of sp³-hybridized carbons (Fsp3) is 0.538. The SMILES string of the molecule is Cc1cccc2c1CC1CCC(N)CN21. The summed E-state index contributed by atoms with van der Waals surface area (Å²) in [6.45, 7) is 3.26. The molecule has 1 fully saturated rings. The number of nitrogens with two attached hydrogens (primary N) is 1. The molecule has 2 heterocycles. The fourth-order valence-corrected chi connectivity index (χ4v) is 3.02. The van der Waals surface area contributed by atoms with Crippen molar-refractivity contribution in [2.75, 3.05) is 11.4 Å². The van der Waals surface area contributed by atoms with Gasteiger partial charge in [-0.25, -0.2) is 0 Å². The summed E-state index contributed by atoms with van der Waals surface area (Å²) < 4.78 is 0. The van der Waals surface area contributed by atoms with Crippen LogP contribution in [0.4, 0.5) is 5.69 Å². The zero-order chi connectivity index (χ0) is 10.4. The van der Waals surface area contributed by atoms with Gasteiger partial charge in [0.2, 0.25) is 0 Å². The van der Waals surface area contributed by atoms with Crippen molar-refractivity contribution in [3.05, 3.63) is 29.3 Å². The molecule has 1 aromatic carbocycles. The summed E-state index contributed by atoms with van der Waals surface area (Å²) in [4.78, 5) is 2.52. The normalized spacial score (nSPS) is 28.8. The van der Waals surface area contributed by atoms with Crippen LogP contribution in [0.25, 0.3) is 0 Å². The molecule has 0 radical (unpaired) electrons. The van der Waals surface area contributed by atoms with Gasteiger partial charge in [-0.15, -0.1) is 0 Å². The number of rotatable bonds is 0. The molecule has 2 N–H and O–H groups in total. The van der Waals surface area contributed by atoms with Crippen LogP contribution in [0.1, 0.15) is 24.0 Å². The second kappa shape index (κ2) is 3.24. The van der Waals surface area contributed by atoms with Gasteiger partial charge in [-0.2, -0.15) is 0 Å². The van der Waals surface area contributed by atoms with E-state index in [4.69, 9.17) is 5.73 Å². The van der Waals surface area contributed by atoms with Crippen LogP contribution < -0.4 is 10.6 Å². The molecule has 2 heteroatoms. The van der Waals surface area contributed by atoms with Crippen molar-refractivity contribution in [2.24, 2.45) is 5.73 Å². The van der Waals surface area contributed by atoms with Crippen molar-refractivity contribution in [3.8, 4) is 0 Å². The average Bonchev–Trinajstić information content (AvgIpc) is 2.58. The molecule has 0 amide bonds. The van der Waals surface area contributed by atoms with E-state index in [0.29, 0.717) is 6.04 Å². The van der Waals surface area contributed by atoms with Gasteiger partial charge in [0.25, 0.3) is 0 Å². The van der Waals surface area contributed by atoms with Gasteiger partial charge >= 0.3 is 0 Å². The lowest BCUT2D eigenvalue weighted by Crippen LogP contribution is -2.47. The van der Waals surface area contributed by atoms with Crippen molar-refractivity contribution in [2.45, 2.75) is 38.3 Å². The van der Waals surface area contributed by atoms with Gasteiger partial charge in [0.15, 0.2) is 0 Å². The van der Waals surface area contributed by atoms with E-state index in [2.05, 4.69) is 30.0 Å². The van der Waals surface area contributed by atoms with Crippen molar-refractivity contribution in [1.29, 1.82) is 0 Å². The Morgan fingerprint density at radius 1 is 1.33 bits per heavy atom. The Labute approximate surface area is 91.1 Å². The molecule has 1 aromatic rings. The minimum Gasteiger partial charge on any atom is -0.366 e. The van der Waals surface area contributed by atoms with E-state index in [9.17, 15) is 0 Å². The topological polar surface area (TPSA) is 29.3 Å². The number of fused-ring (bicyclic) bond motifs is 3. The van der Waals surface area contributed by atoms with Crippen molar-refractivity contribution in [1.82, 2.24) is 0 Å². The molecule has 2 aliphatic heterocycles. The molecule has 2 atom stereocenters. The average molecular weight is 202 g/mol. The number of hydrogen-bond acceptors (Lipinski definition) is 2. The van der Waals surface area contributed by atoms with Gasteiger partial charge in [-0.1, -0.05) is 12.1 Å². The lowest BCUT2D eigenvalue weighted by atomic mass is 9.98. The van der Waals surface area contributed by atoms with Gasteiger partial charge in [-0.05, 0) is 43.4 Å². The van der Waals surface area contributed by atoms with Crippen LogP contribution in [-0.4, -0.2) is 18.6 Å². The lowest BCUT2D eigenvalue weighted by molar-refractivity contribution is 0.433. The third-order valence-corrected chi connectivity index (χ3v) is 3.88. The lowest BCUT2D eigenvalue weighted by Gasteiger charge is -2.35.